The Morgan fingerprint density at radius 2 is 2.11 bits per heavy atom. The van der Waals surface area contributed by atoms with E-state index < -0.39 is 0 Å². The molecule has 0 aliphatic carbocycles. The van der Waals surface area contributed by atoms with Gasteiger partial charge in [0.1, 0.15) is 17.5 Å². The van der Waals surface area contributed by atoms with Gasteiger partial charge in [-0.1, -0.05) is 6.92 Å². The minimum atomic E-state index is -0.272. The summed E-state index contributed by atoms with van der Waals surface area (Å²) < 4.78 is 0. The van der Waals surface area contributed by atoms with Gasteiger partial charge in [-0.05, 0) is 33.1 Å². The second kappa shape index (κ2) is 5.74. The Bertz CT molecular complexity index is 449. The summed E-state index contributed by atoms with van der Waals surface area (Å²) in [6.07, 6.45) is 0.728. The first-order valence-corrected chi connectivity index (χ1v) is 7.05. The Morgan fingerprint density at radius 3 is 2.74 bits per heavy atom. The van der Waals surface area contributed by atoms with E-state index >= 15 is 0 Å². The fourth-order valence-electron chi connectivity index (χ4n) is 2.50. The number of nitrogens with zero attached hydrogens (tertiary/aromatic N) is 3. The molecule has 2 N–H and O–H groups in total. The van der Waals surface area contributed by atoms with Crippen molar-refractivity contribution in [2.45, 2.75) is 40.2 Å². The van der Waals surface area contributed by atoms with Crippen LogP contribution in [0.25, 0.3) is 0 Å². The molecule has 0 amide bonds. The van der Waals surface area contributed by atoms with Crippen LogP contribution in [0, 0.1) is 19.8 Å². The molecule has 0 saturated carbocycles. The summed E-state index contributed by atoms with van der Waals surface area (Å²) >= 11 is 0. The number of hydrogen-bond donors (Lipinski definition) is 2. The van der Waals surface area contributed by atoms with Gasteiger partial charge in [0, 0.05) is 25.2 Å². The van der Waals surface area contributed by atoms with Crippen molar-refractivity contribution in [2.24, 2.45) is 5.92 Å². The Hall–Kier alpha value is -1.36. The zero-order chi connectivity index (χ0) is 14.0. The van der Waals surface area contributed by atoms with Crippen molar-refractivity contribution in [3.05, 3.63) is 11.4 Å². The van der Waals surface area contributed by atoms with E-state index in [2.05, 4.69) is 34.0 Å². The van der Waals surface area contributed by atoms with Crippen LogP contribution in [0.15, 0.2) is 0 Å². The van der Waals surface area contributed by atoms with Gasteiger partial charge in [-0.2, -0.15) is 0 Å². The normalized spacial score (nSPS) is 23.5. The van der Waals surface area contributed by atoms with Gasteiger partial charge in [0.2, 0.25) is 0 Å². The zero-order valence-electron chi connectivity index (χ0n) is 12.3. The third-order valence-corrected chi connectivity index (χ3v) is 3.79. The number of aliphatic hydroxyl groups excluding tert-OH is 1. The molecule has 0 radical (unpaired) electrons. The molecule has 0 bridgehead atoms. The van der Waals surface area contributed by atoms with E-state index in [-0.39, 0.29) is 6.10 Å². The molecule has 2 unspecified atom stereocenters. The molecule has 1 aliphatic rings. The number of hydrogen-bond acceptors (Lipinski definition) is 5. The SMILES string of the molecule is CCNc1nc(C)nc(N2CCC(C)C(O)C2)c1C. The lowest BCUT2D eigenvalue weighted by Gasteiger charge is -2.36. The molecular weight excluding hydrogens is 240 g/mol. The van der Waals surface area contributed by atoms with Gasteiger partial charge in [-0.3, -0.25) is 0 Å². The van der Waals surface area contributed by atoms with E-state index in [1.54, 1.807) is 0 Å². The largest absolute Gasteiger partial charge is 0.391 e. The van der Waals surface area contributed by atoms with Crippen molar-refractivity contribution in [1.82, 2.24) is 9.97 Å². The molecule has 1 aromatic heterocycles. The van der Waals surface area contributed by atoms with E-state index in [4.69, 9.17) is 0 Å². The molecule has 1 aromatic rings. The van der Waals surface area contributed by atoms with Crippen LogP contribution in [-0.2, 0) is 0 Å². The van der Waals surface area contributed by atoms with Crippen molar-refractivity contribution in [1.29, 1.82) is 0 Å². The molecule has 2 atom stereocenters. The van der Waals surface area contributed by atoms with Crippen molar-refractivity contribution in [2.75, 3.05) is 29.9 Å². The molecular formula is C14H24N4O. The minimum Gasteiger partial charge on any atom is -0.391 e. The number of β-amino-alcohol motifs (C(OH)–C–C–N with tert-alkyl or cyclic N) is 1. The van der Waals surface area contributed by atoms with Gasteiger partial charge in [-0.15, -0.1) is 0 Å². The quantitative estimate of drug-likeness (QED) is 0.870. The molecule has 19 heavy (non-hydrogen) atoms. The molecule has 0 aromatic carbocycles. The first kappa shape index (κ1) is 14.1. The van der Waals surface area contributed by atoms with Crippen molar-refractivity contribution < 1.29 is 5.11 Å². The maximum atomic E-state index is 10.0. The highest BCUT2D eigenvalue weighted by Crippen LogP contribution is 2.27. The number of aromatic nitrogens is 2. The average Bonchev–Trinajstić information content (AvgIpc) is 2.37. The average molecular weight is 264 g/mol. The molecule has 1 saturated heterocycles. The Kier molecular flexibility index (Phi) is 4.24. The second-order valence-electron chi connectivity index (χ2n) is 5.38. The summed E-state index contributed by atoms with van der Waals surface area (Å²) in [7, 11) is 0. The monoisotopic (exact) mass is 264 g/mol. The summed E-state index contributed by atoms with van der Waals surface area (Å²) in [4.78, 5) is 11.2. The van der Waals surface area contributed by atoms with Crippen LogP contribution in [0.3, 0.4) is 0 Å². The smallest absolute Gasteiger partial charge is 0.137 e. The van der Waals surface area contributed by atoms with E-state index in [0.717, 1.165) is 42.5 Å². The van der Waals surface area contributed by atoms with Gasteiger partial charge in [0.15, 0.2) is 0 Å². The van der Waals surface area contributed by atoms with E-state index in [9.17, 15) is 5.11 Å². The lowest BCUT2D eigenvalue weighted by molar-refractivity contribution is 0.102. The summed E-state index contributed by atoms with van der Waals surface area (Å²) in [5.74, 6) is 2.99. The number of rotatable bonds is 3. The van der Waals surface area contributed by atoms with Crippen LogP contribution in [0.5, 0.6) is 0 Å². The molecule has 1 aliphatic heterocycles. The standard InChI is InChI=1S/C14H24N4O/c1-5-15-13-10(3)14(17-11(4)16-13)18-7-6-9(2)12(19)8-18/h9,12,19H,5-8H2,1-4H3,(H,15,16,17). The van der Waals surface area contributed by atoms with Crippen LogP contribution in [0.1, 0.15) is 31.7 Å². The summed E-state index contributed by atoms with van der Waals surface area (Å²) in [6.45, 7) is 10.6. The fourth-order valence-corrected chi connectivity index (χ4v) is 2.50. The Labute approximate surface area is 115 Å². The third kappa shape index (κ3) is 2.97. The first-order valence-electron chi connectivity index (χ1n) is 7.05. The predicted molar refractivity (Wildman–Crippen MR) is 77.7 cm³/mol. The summed E-state index contributed by atoms with van der Waals surface area (Å²) in [5.41, 5.74) is 1.06. The van der Waals surface area contributed by atoms with Crippen LogP contribution in [0.2, 0.25) is 0 Å². The number of aryl methyl sites for hydroxylation is 1. The summed E-state index contributed by atoms with van der Waals surface area (Å²) in [6, 6.07) is 0. The number of aliphatic hydroxyl groups is 1. The van der Waals surface area contributed by atoms with Crippen molar-refractivity contribution in [3.63, 3.8) is 0 Å². The highest BCUT2D eigenvalue weighted by atomic mass is 16.3. The minimum absolute atomic E-state index is 0.272. The maximum Gasteiger partial charge on any atom is 0.137 e. The fraction of sp³-hybridized carbons (Fsp3) is 0.714. The third-order valence-electron chi connectivity index (χ3n) is 3.79. The molecule has 2 heterocycles. The van der Waals surface area contributed by atoms with Crippen molar-refractivity contribution >= 4 is 11.6 Å². The van der Waals surface area contributed by atoms with Gasteiger partial charge in [0.25, 0.3) is 0 Å². The number of nitrogens with one attached hydrogen (secondary N) is 1. The van der Waals surface area contributed by atoms with E-state index in [0.29, 0.717) is 12.5 Å². The summed E-state index contributed by atoms with van der Waals surface area (Å²) in [5, 5.41) is 13.3. The Balaban J connectivity index is 2.29. The predicted octanol–water partition coefficient (Wildman–Crippen LogP) is 1.73. The number of piperidine rings is 1. The molecule has 5 heteroatoms. The van der Waals surface area contributed by atoms with E-state index in [1.807, 2.05) is 13.8 Å². The van der Waals surface area contributed by atoms with Crippen LogP contribution < -0.4 is 10.2 Å². The second-order valence-corrected chi connectivity index (χ2v) is 5.38. The zero-order valence-corrected chi connectivity index (χ0v) is 12.3. The number of anilines is 2. The highest BCUT2D eigenvalue weighted by molar-refractivity contribution is 5.58. The van der Waals surface area contributed by atoms with Crippen LogP contribution in [-0.4, -0.2) is 40.8 Å². The van der Waals surface area contributed by atoms with Crippen LogP contribution in [0.4, 0.5) is 11.6 Å². The van der Waals surface area contributed by atoms with Gasteiger partial charge in [-0.25, -0.2) is 9.97 Å². The topological polar surface area (TPSA) is 61.3 Å². The van der Waals surface area contributed by atoms with Gasteiger partial charge < -0.3 is 15.3 Å². The molecule has 0 spiro atoms. The molecule has 106 valence electrons. The maximum absolute atomic E-state index is 10.0. The lowest BCUT2D eigenvalue weighted by Crippen LogP contribution is -2.43. The molecule has 1 fully saturated rings. The Morgan fingerprint density at radius 1 is 1.37 bits per heavy atom. The van der Waals surface area contributed by atoms with Crippen molar-refractivity contribution in [3.8, 4) is 0 Å². The highest BCUT2D eigenvalue weighted by Gasteiger charge is 2.26. The molecule has 2 rings (SSSR count). The molecule has 5 nitrogen and oxygen atoms in total. The van der Waals surface area contributed by atoms with Gasteiger partial charge in [0.05, 0.1) is 6.10 Å². The van der Waals surface area contributed by atoms with Gasteiger partial charge >= 0.3 is 0 Å². The van der Waals surface area contributed by atoms with Crippen LogP contribution >= 0.6 is 0 Å². The lowest BCUT2D eigenvalue weighted by atomic mass is 9.96. The van der Waals surface area contributed by atoms with E-state index in [1.165, 1.54) is 0 Å². The first-order chi connectivity index (χ1) is 9.02.